The number of aromatic nitrogens is 4. The van der Waals surface area contributed by atoms with E-state index >= 15 is 0 Å². The molecule has 3 aromatic rings. The van der Waals surface area contributed by atoms with Gasteiger partial charge in [-0.25, -0.2) is 0 Å². The SMILES string of the molecule is Cc1n(/C(C(=O)c2ccccc2)=C(/O)c2ccccc2)nn[n+]1C1CCCCC1. The maximum atomic E-state index is 13.4. The normalized spacial score (nSPS) is 15.8. The van der Waals surface area contributed by atoms with Gasteiger partial charge in [-0.05, 0) is 30.4 Å². The average Bonchev–Trinajstić information content (AvgIpc) is 3.16. The van der Waals surface area contributed by atoms with E-state index in [9.17, 15) is 9.90 Å². The third kappa shape index (κ3) is 3.83. The summed E-state index contributed by atoms with van der Waals surface area (Å²) in [5.41, 5.74) is 1.16. The van der Waals surface area contributed by atoms with Gasteiger partial charge in [-0.1, -0.05) is 67.1 Å². The van der Waals surface area contributed by atoms with Gasteiger partial charge in [0.1, 0.15) is 11.3 Å². The third-order valence-electron chi connectivity index (χ3n) is 5.52. The van der Waals surface area contributed by atoms with Crippen LogP contribution in [0.4, 0.5) is 0 Å². The van der Waals surface area contributed by atoms with Crippen LogP contribution in [0, 0.1) is 6.92 Å². The van der Waals surface area contributed by atoms with Crippen LogP contribution < -0.4 is 4.68 Å². The Morgan fingerprint density at radius 1 is 0.966 bits per heavy atom. The van der Waals surface area contributed by atoms with Gasteiger partial charge in [0.15, 0.2) is 11.0 Å². The van der Waals surface area contributed by atoms with Gasteiger partial charge in [0.25, 0.3) is 5.82 Å². The summed E-state index contributed by atoms with van der Waals surface area (Å²) in [5, 5.41) is 19.7. The number of tetrazole rings is 1. The van der Waals surface area contributed by atoms with Crippen molar-refractivity contribution < 1.29 is 14.6 Å². The van der Waals surface area contributed by atoms with Crippen molar-refractivity contribution in [2.24, 2.45) is 0 Å². The van der Waals surface area contributed by atoms with Crippen LogP contribution in [0.3, 0.4) is 0 Å². The zero-order valence-corrected chi connectivity index (χ0v) is 16.5. The number of hydrogen-bond acceptors (Lipinski definition) is 4. The summed E-state index contributed by atoms with van der Waals surface area (Å²) in [6, 6.07) is 18.3. The number of hydrogen-bond donors (Lipinski definition) is 1. The lowest BCUT2D eigenvalue weighted by Crippen LogP contribution is -2.45. The van der Waals surface area contributed by atoms with Crippen molar-refractivity contribution in [3.05, 3.63) is 77.6 Å². The summed E-state index contributed by atoms with van der Waals surface area (Å²) in [6.07, 6.45) is 5.70. The minimum absolute atomic E-state index is 0.108. The molecule has 2 aromatic carbocycles. The zero-order chi connectivity index (χ0) is 20.2. The number of benzene rings is 2. The molecular weight excluding hydrogens is 364 g/mol. The Balaban J connectivity index is 1.83. The van der Waals surface area contributed by atoms with Gasteiger partial charge >= 0.3 is 0 Å². The van der Waals surface area contributed by atoms with Crippen LogP contribution in [0.5, 0.6) is 0 Å². The zero-order valence-electron chi connectivity index (χ0n) is 16.5. The fourth-order valence-corrected chi connectivity index (χ4v) is 3.94. The maximum Gasteiger partial charge on any atom is 0.260 e. The molecule has 6 heteroatoms. The van der Waals surface area contributed by atoms with Crippen LogP contribution in [0.25, 0.3) is 11.5 Å². The molecule has 0 atom stereocenters. The van der Waals surface area contributed by atoms with Gasteiger partial charge < -0.3 is 5.11 Å². The molecule has 0 radical (unpaired) electrons. The molecule has 0 unspecified atom stereocenters. The Kier molecular flexibility index (Phi) is 5.51. The van der Waals surface area contributed by atoms with Gasteiger partial charge in [-0.15, -0.1) is 4.68 Å². The van der Waals surface area contributed by atoms with Crippen LogP contribution in [-0.4, -0.2) is 26.0 Å². The minimum atomic E-state index is -0.296. The van der Waals surface area contributed by atoms with Crippen molar-refractivity contribution in [3.8, 4) is 0 Å². The van der Waals surface area contributed by atoms with E-state index in [1.165, 1.54) is 23.9 Å². The van der Waals surface area contributed by atoms with E-state index in [2.05, 4.69) is 10.4 Å². The Hall–Kier alpha value is -3.28. The van der Waals surface area contributed by atoms with Crippen LogP contribution in [0.15, 0.2) is 60.7 Å². The van der Waals surface area contributed by atoms with Crippen LogP contribution in [0.2, 0.25) is 0 Å². The highest BCUT2D eigenvalue weighted by atomic mass is 16.3. The third-order valence-corrected chi connectivity index (χ3v) is 5.52. The molecule has 1 fully saturated rings. The Labute approximate surface area is 170 Å². The Bertz CT molecular complexity index is 1020. The number of carbonyl (C=O) groups is 1. The van der Waals surface area contributed by atoms with Crippen molar-refractivity contribution in [2.45, 2.75) is 45.1 Å². The predicted octanol–water partition coefficient (Wildman–Crippen LogP) is 4.15. The summed E-state index contributed by atoms with van der Waals surface area (Å²) in [5.74, 6) is 0.331. The molecule has 0 aliphatic heterocycles. The van der Waals surface area contributed by atoms with Gasteiger partial charge in [0, 0.05) is 18.1 Å². The molecule has 6 nitrogen and oxygen atoms in total. The Morgan fingerprint density at radius 2 is 1.55 bits per heavy atom. The molecule has 148 valence electrons. The highest BCUT2D eigenvalue weighted by Crippen LogP contribution is 2.26. The van der Waals surface area contributed by atoms with Gasteiger partial charge in [-0.2, -0.15) is 0 Å². The fourth-order valence-electron chi connectivity index (χ4n) is 3.94. The molecule has 0 spiro atoms. The van der Waals surface area contributed by atoms with E-state index < -0.39 is 0 Å². The number of allylic oxidation sites excluding steroid dienone is 1. The smallest absolute Gasteiger partial charge is 0.260 e. The summed E-state index contributed by atoms with van der Waals surface area (Å²) in [6.45, 7) is 1.89. The molecule has 4 rings (SSSR count). The molecule has 0 saturated heterocycles. The number of aliphatic hydroxyl groups excluding tert-OH is 1. The van der Waals surface area contributed by atoms with E-state index in [4.69, 9.17) is 0 Å². The minimum Gasteiger partial charge on any atom is -0.504 e. The second kappa shape index (κ2) is 8.39. The second-order valence-corrected chi connectivity index (χ2v) is 7.43. The van der Waals surface area contributed by atoms with E-state index in [0.717, 1.165) is 18.7 Å². The summed E-state index contributed by atoms with van der Waals surface area (Å²) in [4.78, 5) is 13.4. The number of aliphatic hydroxyl groups is 1. The first kappa shape index (κ1) is 19.1. The number of nitrogens with zero attached hydrogens (tertiary/aromatic N) is 4. The van der Waals surface area contributed by atoms with Crippen molar-refractivity contribution in [2.75, 3.05) is 0 Å². The van der Waals surface area contributed by atoms with Crippen molar-refractivity contribution in [1.29, 1.82) is 0 Å². The molecule has 1 N–H and O–H groups in total. The molecule has 29 heavy (non-hydrogen) atoms. The second-order valence-electron chi connectivity index (χ2n) is 7.43. The average molecular weight is 389 g/mol. The summed E-state index contributed by atoms with van der Waals surface area (Å²) in [7, 11) is 0. The highest BCUT2D eigenvalue weighted by Gasteiger charge is 2.33. The molecule has 1 aromatic heterocycles. The molecule has 1 aliphatic rings. The number of rotatable bonds is 5. The molecule has 0 amide bonds. The van der Waals surface area contributed by atoms with Gasteiger partial charge in [0.2, 0.25) is 11.5 Å². The fraction of sp³-hybridized carbons (Fsp3) is 0.304. The molecule has 1 aliphatic carbocycles. The van der Waals surface area contributed by atoms with E-state index in [1.807, 2.05) is 35.9 Å². The van der Waals surface area contributed by atoms with Crippen LogP contribution >= 0.6 is 0 Å². The highest BCUT2D eigenvalue weighted by molar-refractivity contribution is 6.29. The van der Waals surface area contributed by atoms with Crippen LogP contribution in [0.1, 0.15) is 59.9 Å². The molecule has 1 heterocycles. The van der Waals surface area contributed by atoms with Crippen molar-refractivity contribution in [3.63, 3.8) is 0 Å². The lowest BCUT2D eigenvalue weighted by Gasteiger charge is -2.18. The van der Waals surface area contributed by atoms with Crippen molar-refractivity contribution in [1.82, 2.24) is 15.1 Å². The maximum absolute atomic E-state index is 13.4. The monoisotopic (exact) mass is 389 g/mol. The van der Waals surface area contributed by atoms with Gasteiger partial charge in [-0.3, -0.25) is 4.79 Å². The first-order chi connectivity index (χ1) is 14.2. The van der Waals surface area contributed by atoms with E-state index in [-0.39, 0.29) is 23.3 Å². The summed E-state index contributed by atoms with van der Waals surface area (Å²) < 4.78 is 3.38. The first-order valence-electron chi connectivity index (χ1n) is 10.1. The Morgan fingerprint density at radius 3 is 2.17 bits per heavy atom. The van der Waals surface area contributed by atoms with E-state index in [1.54, 1.807) is 36.4 Å². The number of carbonyl (C=O) groups excluding carboxylic acids is 1. The largest absolute Gasteiger partial charge is 0.504 e. The lowest BCUT2D eigenvalue weighted by molar-refractivity contribution is -0.785. The van der Waals surface area contributed by atoms with E-state index in [0.29, 0.717) is 11.1 Å². The summed E-state index contributed by atoms with van der Waals surface area (Å²) >= 11 is 0. The topological polar surface area (TPSA) is 71.9 Å². The van der Waals surface area contributed by atoms with Crippen LogP contribution in [-0.2, 0) is 0 Å². The molecular formula is C23H25N4O2+. The first-order valence-corrected chi connectivity index (χ1v) is 10.1. The quantitative estimate of drug-likeness (QED) is 0.308. The molecule has 1 saturated carbocycles. The lowest BCUT2D eigenvalue weighted by atomic mass is 9.96. The van der Waals surface area contributed by atoms with Crippen molar-refractivity contribution >= 4 is 17.2 Å². The standard InChI is InChI=1S/C23H24N4O2/c1-17-26(20-15-9-4-10-16-20)24-25-27(17)21(22(28)18-11-5-2-6-12-18)23(29)19-13-7-3-8-14-19/h2-3,5-8,11-14,20H,4,9-10,15-16H2,1H3/p+1. The molecule has 0 bridgehead atoms. The number of ketones is 1. The van der Waals surface area contributed by atoms with Gasteiger partial charge in [0.05, 0.1) is 0 Å². The predicted molar refractivity (Wildman–Crippen MR) is 110 cm³/mol. The number of Topliss-reactive ketones (excluding diaryl/α,β-unsaturated/α-hetero) is 1.